The molecular weight excluding hydrogens is 1720 g/mol. The van der Waals surface area contributed by atoms with Gasteiger partial charge in [-0.15, -0.1) is 0 Å². The fourth-order valence-corrected chi connectivity index (χ4v) is 14.4. The van der Waals surface area contributed by atoms with Gasteiger partial charge in [-0.25, -0.2) is 4.98 Å². The van der Waals surface area contributed by atoms with Crippen LogP contribution in [0.2, 0.25) is 0 Å². The smallest absolute Gasteiger partial charge is 0.305 e. The van der Waals surface area contributed by atoms with E-state index in [1.807, 2.05) is 17.5 Å². The van der Waals surface area contributed by atoms with Gasteiger partial charge in [0.1, 0.15) is 89.6 Å². The highest BCUT2D eigenvalue weighted by molar-refractivity contribution is 6.02. The Bertz CT molecular complexity index is 4040. The molecule has 0 aliphatic carbocycles. The number of hydrogen-bond acceptors (Lipinski definition) is 25. The van der Waals surface area contributed by atoms with Crippen LogP contribution in [-0.2, 0) is 102 Å². The molecule has 2 heterocycles. The molecule has 2 rings (SSSR count). The summed E-state index contributed by atoms with van der Waals surface area (Å²) in [6.07, 6.45) is 4.44. The highest BCUT2D eigenvalue weighted by atomic mass is 16.4. The van der Waals surface area contributed by atoms with Crippen LogP contribution in [0, 0.1) is 23.7 Å². The van der Waals surface area contributed by atoms with Gasteiger partial charge in [-0.3, -0.25) is 95.9 Å². The molecule has 1 aliphatic rings. The molecule has 16 atom stereocenters. The first-order chi connectivity index (χ1) is 62.1. The molecule has 1 aliphatic heterocycles. The molecular formula is C86H147N23O23. The van der Waals surface area contributed by atoms with Crippen molar-refractivity contribution in [2.45, 2.75) is 339 Å². The molecule has 0 radical (unpaired) electrons. The Labute approximate surface area is 769 Å². The third kappa shape index (κ3) is 43.9. The largest absolute Gasteiger partial charge is 0.481 e. The second-order valence-electron chi connectivity index (χ2n) is 35.3. The number of carbonyl (C=O) groups excluding carboxylic acids is 18. The van der Waals surface area contributed by atoms with Crippen molar-refractivity contribution in [3.05, 3.63) is 30.4 Å². The molecule has 0 fully saturated rings. The monoisotopic (exact) mass is 1870 g/mol. The molecule has 132 heavy (non-hydrogen) atoms. The van der Waals surface area contributed by atoms with Gasteiger partial charge in [0.05, 0.1) is 19.4 Å². The van der Waals surface area contributed by atoms with Crippen molar-refractivity contribution in [2.24, 2.45) is 58.1 Å². The number of hydrogen-bond donors (Lipinski definition) is 25. The van der Waals surface area contributed by atoms with E-state index in [1.165, 1.54) is 33.3 Å². The first-order valence-electron chi connectivity index (χ1n) is 45.3. The van der Waals surface area contributed by atoms with Crippen LogP contribution >= 0.6 is 0 Å². The van der Waals surface area contributed by atoms with E-state index < -0.39 is 277 Å². The molecule has 0 saturated carbocycles. The van der Waals surface area contributed by atoms with Gasteiger partial charge < -0.3 is 134 Å². The molecule has 0 spiro atoms. The number of aromatic nitrogens is 2. The number of carbonyl (C=O) groups is 20. The number of nitrogens with zero attached hydrogens (tertiary/aromatic N) is 1. The van der Waals surface area contributed by atoms with Crippen LogP contribution in [0.4, 0.5) is 0 Å². The predicted molar refractivity (Wildman–Crippen MR) is 482 cm³/mol. The molecule has 744 valence electrons. The lowest BCUT2D eigenvalue weighted by Gasteiger charge is -2.34. The second kappa shape index (κ2) is 60.3. The average molecular weight is 1870 g/mol. The van der Waals surface area contributed by atoms with E-state index in [0.29, 0.717) is 44.9 Å². The Morgan fingerprint density at radius 2 is 0.886 bits per heavy atom. The zero-order valence-corrected chi connectivity index (χ0v) is 78.0. The standard InChI is InChI=1S/C86H147N23O23/c1-12-50(8)69(107-75(123)54(26-18-23-37-88)106-84(132)86(11)35-21-16-14-13-15-20-34-85(10,108-51(9)111)83(131)105-53(25-17-22-36-87)71(119)96-58(30-33-67(114)115)72(120)95-55(81(129)109-86)27-19-24-38-89)82(130)103-61(41-49(6)7)78(126)101-62(42-52-44-93-46-94-52)79(127)98-56(28-31-65(90)112)73(121)99-60(40-48(4)5)77(125)100-59(39-47(2)3)76(124)97-57(29-32-66(91)113)74(122)102-63(43-68(116)117)80(128)104-64(45-110)70(92)118/h13-14,44,46-50,53-64,69,110H,12,15-43,45,87-89H2,1-11H3,(H2,90,112)(H2,91,113)(H2,92,118)(H,93,94)(H,95,120)(H,96,119)(H,97,124)(H,98,127)(H,99,121)(H,100,125)(H,101,126)(H,102,122)(H,103,130)(H,104,128)(H,105,131)(H,106,132)(H,107,123)(H,108,111)(H,109,129)(H,114,115)(H,116,117)/b14-13+/t50-,53-,54-,55-,56-,57-,58-,59-,60-,61-,62-,63-,64-,69-,85-,86-/m0/s1. The summed E-state index contributed by atoms with van der Waals surface area (Å²) in [5.74, 6) is -22.2. The molecule has 46 nitrogen and oxygen atoms in total. The average Bonchev–Trinajstić information content (AvgIpc) is 0.839. The predicted octanol–water partition coefficient (Wildman–Crippen LogP) is -4.15. The minimum Gasteiger partial charge on any atom is -0.481 e. The van der Waals surface area contributed by atoms with Crippen LogP contribution in [0.3, 0.4) is 0 Å². The fraction of sp³-hybridized carbons (Fsp3) is 0.709. The van der Waals surface area contributed by atoms with Crippen molar-refractivity contribution < 1.29 is 111 Å². The van der Waals surface area contributed by atoms with Crippen LogP contribution in [0.15, 0.2) is 24.7 Å². The number of imidazole rings is 1. The number of H-pyrrole nitrogens is 1. The summed E-state index contributed by atoms with van der Waals surface area (Å²) < 4.78 is 0. The van der Waals surface area contributed by atoms with Crippen molar-refractivity contribution in [3.8, 4) is 0 Å². The maximum atomic E-state index is 15.4. The SMILES string of the molecule is CC[C@H](C)[C@H](NC(=O)[C@H](CCCCN)NC(=O)[C@]1(C)CCC/C=C/CCC[C@](C)(NC(C)=O)C(=O)N[C@@H](CCCCN)C(=O)N[C@@H](CCC(=O)O)C(=O)N[C@@H](CCCCN)C(=O)N1)C(=O)N[C@@H](CC(C)C)C(=O)N[C@@H](Cc1cnc[nH]1)C(=O)N[C@@H](CCC(N)=O)C(=O)N[C@@H](CC(C)C)C(=O)N[C@@H](CC(C)C)C(=O)N[C@@H](CCC(N)=O)C(=O)N[C@@H](CC(=O)O)C(=O)N[C@@H](CO)C(N)=O. The number of aromatic amines is 1. The van der Waals surface area contributed by atoms with Crippen molar-refractivity contribution in [3.63, 3.8) is 0 Å². The topological polar surface area (TPSA) is 767 Å². The zero-order chi connectivity index (χ0) is 99.7. The summed E-state index contributed by atoms with van der Waals surface area (Å²) >= 11 is 0. The summed E-state index contributed by atoms with van der Waals surface area (Å²) in [6, 6.07) is -20.7. The summed E-state index contributed by atoms with van der Waals surface area (Å²) in [4.78, 5) is 284. The van der Waals surface area contributed by atoms with Gasteiger partial charge in [0.15, 0.2) is 0 Å². The van der Waals surface area contributed by atoms with Gasteiger partial charge in [0.25, 0.3) is 0 Å². The Kier molecular flexibility index (Phi) is 53.1. The summed E-state index contributed by atoms with van der Waals surface area (Å²) in [5, 5.41) is 67.9. The number of allylic oxidation sites excluding steroid dienone is 2. The van der Waals surface area contributed by atoms with E-state index in [2.05, 4.69) is 84.4 Å². The maximum absolute atomic E-state index is 15.4. The lowest BCUT2D eigenvalue weighted by molar-refractivity contribution is -0.141. The number of carboxylic acid groups (broad SMARTS) is 2. The van der Waals surface area contributed by atoms with Crippen molar-refractivity contribution >= 4 is 118 Å². The molecule has 0 unspecified atom stereocenters. The van der Waals surface area contributed by atoms with E-state index in [1.54, 1.807) is 55.4 Å². The van der Waals surface area contributed by atoms with Crippen LogP contribution in [0.5, 0.6) is 0 Å². The minimum absolute atomic E-state index is 0.0174. The summed E-state index contributed by atoms with van der Waals surface area (Å²) in [6.45, 7) is 17.3. The van der Waals surface area contributed by atoms with Gasteiger partial charge >= 0.3 is 11.9 Å². The quantitative estimate of drug-likeness (QED) is 0.0217. The van der Waals surface area contributed by atoms with Gasteiger partial charge in [0, 0.05) is 44.5 Å². The lowest BCUT2D eigenvalue weighted by atomic mass is 9.91. The number of unbranched alkanes of at least 4 members (excludes halogenated alkanes) is 3. The first-order valence-corrected chi connectivity index (χ1v) is 45.3. The lowest BCUT2D eigenvalue weighted by Crippen LogP contribution is -2.64. The van der Waals surface area contributed by atoms with Crippen LogP contribution in [0.25, 0.3) is 0 Å². The number of amides is 18. The zero-order valence-electron chi connectivity index (χ0n) is 78.0. The molecule has 0 bridgehead atoms. The number of rotatable bonds is 56. The first kappa shape index (κ1) is 116. The van der Waals surface area contributed by atoms with Crippen LogP contribution in [-0.4, -0.2) is 259 Å². The van der Waals surface area contributed by atoms with Gasteiger partial charge in [-0.2, -0.15) is 0 Å². The molecule has 1 aromatic heterocycles. The van der Waals surface area contributed by atoms with E-state index in [-0.39, 0.29) is 115 Å². The van der Waals surface area contributed by atoms with Crippen LogP contribution < -0.4 is 114 Å². The Morgan fingerprint density at radius 1 is 0.477 bits per heavy atom. The van der Waals surface area contributed by atoms with Crippen molar-refractivity contribution in [1.29, 1.82) is 0 Å². The third-order valence-corrected chi connectivity index (χ3v) is 22.0. The number of aliphatic hydroxyl groups is 1. The maximum Gasteiger partial charge on any atom is 0.305 e. The number of nitrogens with two attached hydrogens (primary N) is 6. The number of aliphatic hydroxyl groups excluding tert-OH is 1. The summed E-state index contributed by atoms with van der Waals surface area (Å²) in [5.41, 5.74) is 30.7. The second-order valence-corrected chi connectivity index (χ2v) is 35.3. The number of nitrogens with one attached hydrogen (secondary N) is 16. The molecule has 18 amide bonds. The summed E-state index contributed by atoms with van der Waals surface area (Å²) in [7, 11) is 0. The Balaban J connectivity index is 2.75. The van der Waals surface area contributed by atoms with Crippen LogP contribution in [0.1, 0.15) is 249 Å². The molecule has 31 N–H and O–H groups in total. The van der Waals surface area contributed by atoms with E-state index in [9.17, 15) is 92.0 Å². The highest BCUT2D eigenvalue weighted by Gasteiger charge is 2.44. The van der Waals surface area contributed by atoms with Gasteiger partial charge in [0.2, 0.25) is 106 Å². The highest BCUT2D eigenvalue weighted by Crippen LogP contribution is 2.23. The Hall–Kier alpha value is -11.8. The van der Waals surface area contributed by atoms with Gasteiger partial charge in [-0.05, 0) is 192 Å². The van der Waals surface area contributed by atoms with E-state index >= 15 is 19.2 Å². The number of primary amides is 3. The molecule has 46 heteroatoms. The molecule has 0 aromatic carbocycles. The number of aliphatic carboxylic acids is 2. The third-order valence-electron chi connectivity index (χ3n) is 22.0. The van der Waals surface area contributed by atoms with E-state index in [0.717, 1.165) is 0 Å². The number of carboxylic acids is 2. The Morgan fingerprint density at radius 3 is 1.32 bits per heavy atom. The van der Waals surface area contributed by atoms with Gasteiger partial charge in [-0.1, -0.05) is 74.0 Å². The minimum atomic E-state index is -1.95. The fourth-order valence-electron chi connectivity index (χ4n) is 14.4. The van der Waals surface area contributed by atoms with Crippen molar-refractivity contribution in [2.75, 3.05) is 26.2 Å². The molecule has 0 saturated heterocycles. The van der Waals surface area contributed by atoms with Crippen molar-refractivity contribution in [1.82, 2.24) is 89.7 Å². The normalized spacial score (nSPS) is 19.8. The van der Waals surface area contributed by atoms with E-state index in [4.69, 9.17) is 34.4 Å². The molecule has 1 aromatic rings.